The van der Waals surface area contributed by atoms with Gasteiger partial charge in [-0.05, 0) is 81.8 Å². The minimum Gasteiger partial charge on any atom is -0.490 e. The molecule has 4 aromatic rings. The van der Waals surface area contributed by atoms with E-state index < -0.39 is 5.82 Å². The normalized spacial score (nSPS) is 14.6. The Bertz CT molecular complexity index is 1550. The van der Waals surface area contributed by atoms with Crippen molar-refractivity contribution < 1.29 is 18.7 Å². The number of thioether (sulfide) groups is 1. The van der Waals surface area contributed by atoms with Gasteiger partial charge in [-0.1, -0.05) is 78.6 Å². The SMILES string of the molecule is CCOc1cc(/C=C2\SC(=S)N(c3ccccc3F)C2=O)cc(I)c1OCc1cccc2ccccc12. The smallest absolute Gasteiger partial charge is 0.270 e. The van der Waals surface area contributed by atoms with Crippen molar-refractivity contribution in [2.45, 2.75) is 13.5 Å². The Hall–Kier alpha value is -2.95. The number of benzene rings is 4. The minimum atomic E-state index is -0.499. The molecule has 1 amide bonds. The van der Waals surface area contributed by atoms with Crippen molar-refractivity contribution in [2.75, 3.05) is 11.5 Å². The summed E-state index contributed by atoms with van der Waals surface area (Å²) in [6, 6.07) is 24.2. The lowest BCUT2D eigenvalue weighted by molar-refractivity contribution is -0.113. The predicted molar refractivity (Wildman–Crippen MR) is 161 cm³/mol. The van der Waals surface area contributed by atoms with Crippen LogP contribution < -0.4 is 14.4 Å². The van der Waals surface area contributed by atoms with Crippen LogP contribution in [0.2, 0.25) is 0 Å². The summed E-state index contributed by atoms with van der Waals surface area (Å²) < 4.78 is 27.7. The Morgan fingerprint density at radius 3 is 2.59 bits per heavy atom. The van der Waals surface area contributed by atoms with Gasteiger partial charge in [0.05, 0.1) is 20.8 Å². The summed E-state index contributed by atoms with van der Waals surface area (Å²) in [5, 5.41) is 2.30. The largest absolute Gasteiger partial charge is 0.490 e. The van der Waals surface area contributed by atoms with Crippen LogP contribution in [0.25, 0.3) is 16.8 Å². The van der Waals surface area contributed by atoms with Gasteiger partial charge in [-0.2, -0.15) is 0 Å². The van der Waals surface area contributed by atoms with Gasteiger partial charge in [0.2, 0.25) is 0 Å². The number of anilines is 1. The lowest BCUT2D eigenvalue weighted by Crippen LogP contribution is -2.28. The van der Waals surface area contributed by atoms with Crippen LogP contribution >= 0.6 is 46.6 Å². The third-order valence-electron chi connectivity index (χ3n) is 5.77. The summed E-state index contributed by atoms with van der Waals surface area (Å²) >= 11 is 8.76. The summed E-state index contributed by atoms with van der Waals surface area (Å²) in [5.41, 5.74) is 1.99. The Morgan fingerprint density at radius 2 is 1.78 bits per heavy atom. The van der Waals surface area contributed by atoms with E-state index in [2.05, 4.69) is 46.9 Å². The summed E-state index contributed by atoms with van der Waals surface area (Å²) in [5.74, 6) is 0.377. The molecule has 0 unspecified atom stereocenters. The molecule has 1 aliphatic heterocycles. The van der Waals surface area contributed by atoms with Crippen molar-refractivity contribution in [2.24, 2.45) is 0 Å². The second-order valence-electron chi connectivity index (χ2n) is 8.16. The first kappa shape index (κ1) is 25.7. The minimum absolute atomic E-state index is 0.148. The molecule has 37 heavy (non-hydrogen) atoms. The van der Waals surface area contributed by atoms with Crippen LogP contribution in [0.15, 0.2) is 83.8 Å². The fourth-order valence-electron chi connectivity index (χ4n) is 4.10. The van der Waals surface area contributed by atoms with Crippen molar-refractivity contribution in [3.05, 3.63) is 104 Å². The van der Waals surface area contributed by atoms with E-state index in [9.17, 15) is 9.18 Å². The highest BCUT2D eigenvalue weighted by atomic mass is 127. The second-order valence-corrected chi connectivity index (χ2v) is 11.0. The second kappa shape index (κ2) is 11.2. The van der Waals surface area contributed by atoms with E-state index in [0.29, 0.717) is 29.6 Å². The van der Waals surface area contributed by atoms with Crippen LogP contribution in [0.1, 0.15) is 18.1 Å². The highest BCUT2D eigenvalue weighted by Gasteiger charge is 2.34. The molecule has 0 radical (unpaired) electrons. The number of para-hydroxylation sites is 1. The van der Waals surface area contributed by atoms with Crippen LogP contribution in [-0.4, -0.2) is 16.8 Å². The molecular weight excluding hydrogens is 620 g/mol. The first-order chi connectivity index (χ1) is 18.0. The predicted octanol–water partition coefficient (Wildman–Crippen LogP) is 7.97. The summed E-state index contributed by atoms with van der Waals surface area (Å²) in [7, 11) is 0. The fraction of sp³-hybridized carbons (Fsp3) is 0.103. The Morgan fingerprint density at radius 1 is 1.03 bits per heavy atom. The van der Waals surface area contributed by atoms with Crippen molar-refractivity contribution in [3.63, 3.8) is 0 Å². The molecule has 5 rings (SSSR count). The summed E-state index contributed by atoms with van der Waals surface area (Å²) in [6.45, 7) is 2.76. The van der Waals surface area contributed by atoms with Crippen molar-refractivity contribution in [1.29, 1.82) is 0 Å². The van der Waals surface area contributed by atoms with Gasteiger partial charge in [0.1, 0.15) is 12.4 Å². The Kier molecular flexibility index (Phi) is 7.78. The molecule has 0 N–H and O–H groups in total. The number of rotatable bonds is 7. The standard InChI is InChI=1S/C29H21FINO3S2/c1-2-34-25-15-18(16-26-28(33)32(29(36)37-26)24-13-6-5-12-22(24)30)14-23(31)27(25)35-17-20-10-7-9-19-8-3-4-11-21(19)20/h3-16H,2,17H2,1H3/b26-16-. The number of ether oxygens (including phenoxy) is 2. The quantitative estimate of drug-likeness (QED) is 0.116. The molecule has 0 atom stereocenters. The number of carbonyl (C=O) groups excluding carboxylic acids is 1. The maximum absolute atomic E-state index is 14.3. The van der Waals surface area contributed by atoms with Gasteiger partial charge in [-0.25, -0.2) is 4.39 Å². The molecule has 0 saturated carbocycles. The molecule has 1 heterocycles. The number of fused-ring (bicyclic) bond motifs is 1. The van der Waals surface area contributed by atoms with Crippen molar-refractivity contribution >= 4 is 79.3 Å². The molecule has 0 aliphatic carbocycles. The van der Waals surface area contributed by atoms with E-state index in [-0.39, 0.29) is 15.9 Å². The summed E-state index contributed by atoms with van der Waals surface area (Å²) in [4.78, 5) is 14.8. The van der Waals surface area contributed by atoms with Crippen LogP contribution in [0.5, 0.6) is 11.5 Å². The molecule has 0 spiro atoms. The van der Waals surface area contributed by atoms with Gasteiger partial charge in [0.15, 0.2) is 15.8 Å². The first-order valence-corrected chi connectivity index (χ1v) is 13.8. The molecule has 0 aromatic heterocycles. The number of hydrogen-bond donors (Lipinski definition) is 0. The molecule has 1 saturated heterocycles. The van der Waals surface area contributed by atoms with Gasteiger partial charge in [-0.3, -0.25) is 9.69 Å². The Balaban J connectivity index is 1.43. The average molecular weight is 642 g/mol. The molecule has 4 aromatic carbocycles. The number of hydrogen-bond acceptors (Lipinski definition) is 5. The average Bonchev–Trinajstić information content (AvgIpc) is 3.16. The van der Waals surface area contributed by atoms with E-state index in [1.807, 2.05) is 37.3 Å². The van der Waals surface area contributed by atoms with Gasteiger partial charge in [0, 0.05) is 0 Å². The molecular formula is C29H21FINO3S2. The molecule has 0 bridgehead atoms. The van der Waals surface area contributed by atoms with Crippen LogP contribution in [0, 0.1) is 9.39 Å². The van der Waals surface area contributed by atoms with Gasteiger partial charge in [-0.15, -0.1) is 0 Å². The maximum Gasteiger partial charge on any atom is 0.270 e. The topological polar surface area (TPSA) is 38.8 Å². The number of halogens is 2. The third kappa shape index (κ3) is 5.37. The number of amides is 1. The van der Waals surface area contributed by atoms with E-state index in [1.54, 1.807) is 24.3 Å². The van der Waals surface area contributed by atoms with Crippen LogP contribution in [-0.2, 0) is 11.4 Å². The zero-order valence-corrected chi connectivity index (χ0v) is 23.5. The first-order valence-electron chi connectivity index (χ1n) is 11.5. The molecule has 8 heteroatoms. The molecule has 1 aliphatic rings. The van der Waals surface area contributed by atoms with Gasteiger partial charge >= 0.3 is 0 Å². The van der Waals surface area contributed by atoms with Gasteiger partial charge < -0.3 is 9.47 Å². The number of carbonyl (C=O) groups is 1. The lowest BCUT2D eigenvalue weighted by atomic mass is 10.1. The lowest BCUT2D eigenvalue weighted by Gasteiger charge is -2.16. The number of thiocarbonyl (C=S) groups is 1. The number of nitrogens with zero attached hydrogens (tertiary/aromatic N) is 1. The summed E-state index contributed by atoms with van der Waals surface area (Å²) in [6.07, 6.45) is 1.75. The highest BCUT2D eigenvalue weighted by Crippen LogP contribution is 2.40. The zero-order valence-electron chi connectivity index (χ0n) is 19.7. The van der Waals surface area contributed by atoms with Crippen molar-refractivity contribution in [3.8, 4) is 11.5 Å². The van der Waals surface area contributed by atoms with E-state index >= 15 is 0 Å². The Labute approximate surface area is 237 Å². The maximum atomic E-state index is 14.3. The molecule has 186 valence electrons. The van der Waals surface area contributed by atoms with Crippen LogP contribution in [0.3, 0.4) is 0 Å². The van der Waals surface area contributed by atoms with Crippen molar-refractivity contribution in [1.82, 2.24) is 0 Å². The third-order valence-corrected chi connectivity index (χ3v) is 7.87. The molecule has 1 fully saturated rings. The molecule has 4 nitrogen and oxygen atoms in total. The van der Waals surface area contributed by atoms with Gasteiger partial charge in [0.25, 0.3) is 5.91 Å². The fourth-order valence-corrected chi connectivity index (χ4v) is 6.17. The van der Waals surface area contributed by atoms with Crippen LogP contribution in [0.4, 0.5) is 10.1 Å². The highest BCUT2D eigenvalue weighted by molar-refractivity contribution is 14.1. The zero-order chi connectivity index (χ0) is 25.9. The monoisotopic (exact) mass is 641 g/mol. The van der Waals surface area contributed by atoms with E-state index in [4.69, 9.17) is 21.7 Å². The van der Waals surface area contributed by atoms with E-state index in [1.165, 1.54) is 11.0 Å². The van der Waals surface area contributed by atoms with E-state index in [0.717, 1.165) is 37.2 Å².